The summed E-state index contributed by atoms with van der Waals surface area (Å²) in [6, 6.07) is 11.8. The maximum atomic E-state index is 12.6. The van der Waals surface area contributed by atoms with Crippen LogP contribution in [0.1, 0.15) is 36.2 Å². The van der Waals surface area contributed by atoms with Gasteiger partial charge in [0.15, 0.2) is 5.76 Å². The van der Waals surface area contributed by atoms with Gasteiger partial charge in [-0.15, -0.1) is 0 Å². The number of carbonyl (C=O) groups is 2. The number of benzene rings is 1. The number of hydrogen-bond acceptors (Lipinski definition) is 4. The molecular formula is C21H24N2O4. The summed E-state index contributed by atoms with van der Waals surface area (Å²) in [6.07, 6.45) is 5.50. The minimum Gasteiger partial charge on any atom is -0.480 e. The second kappa shape index (κ2) is 7.56. The molecule has 2 aliphatic carbocycles. The predicted octanol–water partition coefficient (Wildman–Crippen LogP) is 3.00. The third-order valence-electron chi connectivity index (χ3n) is 5.45. The number of carbonyl (C=O) groups excluding carboxylic acids is 1. The molecule has 2 fully saturated rings. The molecule has 2 aromatic rings. The summed E-state index contributed by atoms with van der Waals surface area (Å²) in [6.45, 7) is 0.937. The maximum absolute atomic E-state index is 12.6. The molecule has 4 rings (SSSR count). The first-order chi connectivity index (χ1) is 13.1. The standard InChI is InChI=1S/C21H24N2O4/c24-19(25)13-23(12-14-6-7-14)17-10-16(11-17)22-21(26)20-18(8-9-27-20)15-4-2-1-3-5-15/h1-5,8-9,14,16-17H,6-7,10-13H2,(H,22,26)(H,24,25). The van der Waals surface area contributed by atoms with Gasteiger partial charge in [0.25, 0.3) is 5.91 Å². The number of amides is 1. The first-order valence-corrected chi connectivity index (χ1v) is 9.49. The van der Waals surface area contributed by atoms with Gasteiger partial charge >= 0.3 is 5.97 Å². The summed E-state index contributed by atoms with van der Waals surface area (Å²) in [7, 11) is 0. The number of rotatable bonds is 8. The lowest BCUT2D eigenvalue weighted by Gasteiger charge is -2.42. The third-order valence-corrected chi connectivity index (χ3v) is 5.45. The SMILES string of the molecule is O=C(O)CN(CC1CC1)C1CC(NC(=O)c2occc2-c2ccccc2)C1. The smallest absolute Gasteiger partial charge is 0.317 e. The van der Waals surface area contributed by atoms with E-state index >= 15 is 0 Å². The topological polar surface area (TPSA) is 82.8 Å². The molecule has 2 N–H and O–H groups in total. The largest absolute Gasteiger partial charge is 0.480 e. The van der Waals surface area contributed by atoms with Crippen molar-refractivity contribution in [3.05, 3.63) is 48.4 Å². The lowest BCUT2D eigenvalue weighted by molar-refractivity contribution is -0.139. The Balaban J connectivity index is 1.34. The second-order valence-electron chi connectivity index (χ2n) is 7.59. The van der Waals surface area contributed by atoms with Gasteiger partial charge in [0, 0.05) is 24.2 Å². The highest BCUT2D eigenvalue weighted by Gasteiger charge is 2.38. The van der Waals surface area contributed by atoms with Crippen LogP contribution in [0.2, 0.25) is 0 Å². The van der Waals surface area contributed by atoms with Crippen molar-refractivity contribution in [1.29, 1.82) is 0 Å². The minimum absolute atomic E-state index is 0.0618. The van der Waals surface area contributed by atoms with Gasteiger partial charge in [0.05, 0.1) is 12.8 Å². The molecule has 0 bridgehead atoms. The van der Waals surface area contributed by atoms with Crippen molar-refractivity contribution in [3.8, 4) is 11.1 Å². The molecular weight excluding hydrogens is 344 g/mol. The zero-order valence-electron chi connectivity index (χ0n) is 15.1. The van der Waals surface area contributed by atoms with Crippen molar-refractivity contribution in [3.63, 3.8) is 0 Å². The Bertz CT molecular complexity index is 807. The van der Waals surface area contributed by atoms with Crippen LogP contribution in [0.3, 0.4) is 0 Å². The molecule has 0 spiro atoms. The van der Waals surface area contributed by atoms with Crippen molar-refractivity contribution in [2.24, 2.45) is 5.92 Å². The monoisotopic (exact) mass is 368 g/mol. The molecule has 1 aromatic carbocycles. The lowest BCUT2D eigenvalue weighted by atomic mass is 9.85. The van der Waals surface area contributed by atoms with Gasteiger partial charge in [-0.1, -0.05) is 30.3 Å². The van der Waals surface area contributed by atoms with Gasteiger partial charge in [0.2, 0.25) is 0 Å². The number of aliphatic carboxylic acids is 1. The third kappa shape index (κ3) is 4.22. The molecule has 0 radical (unpaired) electrons. The molecule has 1 amide bonds. The van der Waals surface area contributed by atoms with Crippen LogP contribution in [0.15, 0.2) is 47.1 Å². The summed E-state index contributed by atoms with van der Waals surface area (Å²) >= 11 is 0. The van der Waals surface area contributed by atoms with E-state index in [1.54, 1.807) is 6.07 Å². The summed E-state index contributed by atoms with van der Waals surface area (Å²) in [5.74, 6) is -0.0277. The fraction of sp³-hybridized carbons (Fsp3) is 0.429. The van der Waals surface area contributed by atoms with Crippen LogP contribution in [0.25, 0.3) is 11.1 Å². The average molecular weight is 368 g/mol. The Morgan fingerprint density at radius 3 is 2.56 bits per heavy atom. The van der Waals surface area contributed by atoms with Crippen LogP contribution in [-0.2, 0) is 4.79 Å². The fourth-order valence-corrected chi connectivity index (χ4v) is 3.73. The molecule has 2 aliphatic rings. The van der Waals surface area contributed by atoms with Gasteiger partial charge < -0.3 is 14.8 Å². The van der Waals surface area contributed by atoms with E-state index in [9.17, 15) is 9.59 Å². The second-order valence-corrected chi connectivity index (χ2v) is 7.59. The molecule has 1 heterocycles. The Kier molecular flexibility index (Phi) is 4.99. The van der Waals surface area contributed by atoms with Gasteiger partial charge in [-0.25, -0.2) is 0 Å². The van der Waals surface area contributed by atoms with Crippen molar-refractivity contribution in [2.75, 3.05) is 13.1 Å². The van der Waals surface area contributed by atoms with E-state index in [2.05, 4.69) is 10.2 Å². The van der Waals surface area contributed by atoms with Gasteiger partial charge in [-0.2, -0.15) is 0 Å². The molecule has 6 nitrogen and oxygen atoms in total. The van der Waals surface area contributed by atoms with Crippen molar-refractivity contribution < 1.29 is 19.1 Å². The summed E-state index contributed by atoms with van der Waals surface area (Å²) in [4.78, 5) is 25.8. The molecule has 142 valence electrons. The number of furan rings is 1. The average Bonchev–Trinajstić information content (AvgIpc) is 3.29. The van der Waals surface area contributed by atoms with E-state index in [-0.39, 0.29) is 24.5 Å². The Hall–Kier alpha value is -2.60. The van der Waals surface area contributed by atoms with E-state index in [1.807, 2.05) is 30.3 Å². The van der Waals surface area contributed by atoms with Crippen LogP contribution < -0.4 is 5.32 Å². The Morgan fingerprint density at radius 1 is 1.15 bits per heavy atom. The molecule has 0 atom stereocenters. The Labute approximate surface area is 158 Å². The molecule has 0 saturated heterocycles. The molecule has 6 heteroatoms. The van der Waals surface area contributed by atoms with Gasteiger partial charge in [0.1, 0.15) is 0 Å². The van der Waals surface area contributed by atoms with Crippen molar-refractivity contribution >= 4 is 11.9 Å². The molecule has 1 aromatic heterocycles. The highest BCUT2D eigenvalue weighted by Crippen LogP contribution is 2.34. The molecule has 0 aliphatic heterocycles. The van der Waals surface area contributed by atoms with Crippen LogP contribution in [-0.4, -0.2) is 47.1 Å². The van der Waals surface area contributed by atoms with E-state index in [4.69, 9.17) is 9.52 Å². The van der Waals surface area contributed by atoms with Crippen LogP contribution in [0, 0.1) is 5.92 Å². The number of nitrogens with zero attached hydrogens (tertiary/aromatic N) is 1. The highest BCUT2D eigenvalue weighted by molar-refractivity contribution is 5.98. The van der Waals surface area contributed by atoms with Gasteiger partial charge in [-0.3, -0.25) is 14.5 Å². The van der Waals surface area contributed by atoms with Crippen LogP contribution in [0.5, 0.6) is 0 Å². The first kappa shape index (κ1) is 17.8. The minimum atomic E-state index is -0.786. The summed E-state index contributed by atoms with van der Waals surface area (Å²) < 4.78 is 5.44. The maximum Gasteiger partial charge on any atom is 0.317 e. The quantitative estimate of drug-likeness (QED) is 0.748. The summed E-state index contributed by atoms with van der Waals surface area (Å²) in [5.41, 5.74) is 1.73. The van der Waals surface area contributed by atoms with Crippen molar-refractivity contribution in [1.82, 2.24) is 10.2 Å². The van der Waals surface area contributed by atoms with Crippen LogP contribution in [0.4, 0.5) is 0 Å². The summed E-state index contributed by atoms with van der Waals surface area (Å²) in [5, 5.41) is 12.2. The molecule has 0 unspecified atom stereocenters. The zero-order valence-corrected chi connectivity index (χ0v) is 15.1. The number of hydrogen-bond donors (Lipinski definition) is 2. The predicted molar refractivity (Wildman–Crippen MR) is 100 cm³/mol. The number of carboxylic acid groups (broad SMARTS) is 1. The molecule has 2 saturated carbocycles. The first-order valence-electron chi connectivity index (χ1n) is 9.49. The normalized spacial score (nSPS) is 21.7. The number of carboxylic acids is 1. The fourth-order valence-electron chi connectivity index (χ4n) is 3.73. The molecule has 27 heavy (non-hydrogen) atoms. The van der Waals surface area contributed by atoms with E-state index in [1.165, 1.54) is 19.1 Å². The van der Waals surface area contributed by atoms with Crippen LogP contribution >= 0.6 is 0 Å². The van der Waals surface area contributed by atoms with Gasteiger partial charge in [-0.05, 0) is 43.2 Å². The lowest BCUT2D eigenvalue weighted by Crippen LogP contribution is -2.55. The zero-order chi connectivity index (χ0) is 18.8. The van der Waals surface area contributed by atoms with E-state index in [0.717, 1.165) is 30.5 Å². The van der Waals surface area contributed by atoms with E-state index in [0.29, 0.717) is 11.7 Å². The highest BCUT2D eigenvalue weighted by atomic mass is 16.4. The van der Waals surface area contributed by atoms with Crippen molar-refractivity contribution in [2.45, 2.75) is 37.8 Å². The van der Waals surface area contributed by atoms with E-state index < -0.39 is 5.97 Å². The number of nitrogens with one attached hydrogen (secondary N) is 1. The Morgan fingerprint density at radius 2 is 1.89 bits per heavy atom.